The molecule has 4 rings (SSSR count). The smallest absolute Gasteiger partial charge is 0.326 e. The normalized spacial score (nSPS) is 13.5. The number of carbonyl (C=O) groups is 2. The predicted octanol–water partition coefficient (Wildman–Crippen LogP) is 4.67. The molecule has 1 atom stereocenters. The molecule has 0 bridgehead atoms. The summed E-state index contributed by atoms with van der Waals surface area (Å²) in [6.07, 6.45) is 1.06. The van der Waals surface area contributed by atoms with Gasteiger partial charge < -0.3 is 20.1 Å². The van der Waals surface area contributed by atoms with Crippen molar-refractivity contribution in [3.63, 3.8) is 0 Å². The van der Waals surface area contributed by atoms with Gasteiger partial charge in [0.25, 0.3) is 5.91 Å². The van der Waals surface area contributed by atoms with Crippen LogP contribution in [0.25, 0.3) is 0 Å². The number of carboxylic acid groups (broad SMARTS) is 1. The van der Waals surface area contributed by atoms with Crippen molar-refractivity contribution in [1.82, 2.24) is 10.2 Å². The van der Waals surface area contributed by atoms with E-state index >= 15 is 0 Å². The van der Waals surface area contributed by atoms with Crippen LogP contribution in [-0.2, 0) is 24.2 Å². The van der Waals surface area contributed by atoms with Gasteiger partial charge in [0, 0.05) is 19.5 Å². The minimum absolute atomic E-state index is 0.121. The van der Waals surface area contributed by atoms with E-state index in [2.05, 4.69) is 35.0 Å². The van der Waals surface area contributed by atoms with Crippen LogP contribution in [0.5, 0.6) is 5.75 Å². The first-order valence-corrected chi connectivity index (χ1v) is 11.3. The number of halogens is 1. The molecule has 34 heavy (non-hydrogen) atoms. The first-order valence-electron chi connectivity index (χ1n) is 11.0. The second-order valence-electron chi connectivity index (χ2n) is 8.13. The fourth-order valence-electron chi connectivity index (χ4n) is 3.92. The molecule has 3 aromatic rings. The molecule has 7 heteroatoms. The summed E-state index contributed by atoms with van der Waals surface area (Å²) in [7, 11) is 0. The lowest BCUT2D eigenvalue weighted by Crippen LogP contribution is -2.42. The third-order valence-corrected chi connectivity index (χ3v) is 6.13. The van der Waals surface area contributed by atoms with E-state index < -0.39 is 17.9 Å². The minimum Gasteiger partial charge on any atom is -0.480 e. The van der Waals surface area contributed by atoms with Crippen molar-refractivity contribution in [1.29, 1.82) is 0 Å². The van der Waals surface area contributed by atoms with E-state index in [1.165, 1.54) is 11.1 Å². The number of fused-ring (bicyclic) bond motifs is 1. The molecule has 1 heterocycles. The molecule has 6 nitrogen and oxygen atoms in total. The summed E-state index contributed by atoms with van der Waals surface area (Å²) >= 11 is 6.05. The third kappa shape index (κ3) is 5.58. The summed E-state index contributed by atoms with van der Waals surface area (Å²) in [5.41, 5.74) is 3.60. The molecule has 0 radical (unpaired) electrons. The molecule has 1 aliphatic heterocycles. The fraction of sp³-hybridized carbons (Fsp3) is 0.185. The fourth-order valence-corrected chi connectivity index (χ4v) is 4.14. The number of aliphatic carboxylic acids is 1. The van der Waals surface area contributed by atoms with Gasteiger partial charge in [0.2, 0.25) is 0 Å². The summed E-state index contributed by atoms with van der Waals surface area (Å²) in [5, 5.41) is 12.4. The Balaban J connectivity index is 1.36. The maximum absolute atomic E-state index is 12.5. The highest BCUT2D eigenvalue weighted by molar-refractivity contribution is 6.33. The first-order chi connectivity index (χ1) is 16.4. The van der Waals surface area contributed by atoms with E-state index in [9.17, 15) is 14.7 Å². The Labute approximate surface area is 203 Å². The van der Waals surface area contributed by atoms with Gasteiger partial charge in [-0.25, -0.2) is 4.79 Å². The maximum Gasteiger partial charge on any atom is 0.326 e. The number of nitrogens with one attached hydrogen (secondary N) is 1. The van der Waals surface area contributed by atoms with Crippen molar-refractivity contribution in [2.75, 3.05) is 6.54 Å². The average Bonchev–Trinajstić information content (AvgIpc) is 2.84. The van der Waals surface area contributed by atoms with Crippen LogP contribution in [0.2, 0.25) is 5.02 Å². The summed E-state index contributed by atoms with van der Waals surface area (Å²) in [4.78, 5) is 26.3. The van der Waals surface area contributed by atoms with Crippen LogP contribution in [0.3, 0.4) is 0 Å². The van der Waals surface area contributed by atoms with Crippen molar-refractivity contribution in [2.24, 2.45) is 0 Å². The van der Waals surface area contributed by atoms with Crippen LogP contribution in [0.4, 0.5) is 0 Å². The van der Waals surface area contributed by atoms with Crippen molar-refractivity contribution in [2.45, 2.75) is 25.4 Å². The van der Waals surface area contributed by atoms with Gasteiger partial charge in [-0.05, 0) is 54.0 Å². The minimum atomic E-state index is -1.13. The number of hydrogen-bond acceptors (Lipinski definition) is 4. The van der Waals surface area contributed by atoms with Gasteiger partial charge in [0.05, 0.1) is 10.6 Å². The highest BCUT2D eigenvalue weighted by Crippen LogP contribution is 2.24. The lowest BCUT2D eigenvalue weighted by molar-refractivity contribution is -0.139. The molecule has 0 spiro atoms. The Morgan fingerprint density at radius 2 is 1.71 bits per heavy atom. The van der Waals surface area contributed by atoms with Crippen molar-refractivity contribution in [3.8, 4) is 5.75 Å². The number of hydrogen-bond donors (Lipinski definition) is 2. The zero-order chi connectivity index (χ0) is 24.1. The molecule has 1 aliphatic rings. The topological polar surface area (TPSA) is 78.9 Å². The van der Waals surface area contributed by atoms with Crippen LogP contribution in [0.15, 0.2) is 85.3 Å². The first kappa shape index (κ1) is 23.4. The highest BCUT2D eigenvalue weighted by atomic mass is 35.5. The molecular formula is C27H25ClN2O4. The van der Waals surface area contributed by atoms with Gasteiger partial charge in [-0.15, -0.1) is 0 Å². The van der Waals surface area contributed by atoms with Gasteiger partial charge in [-0.2, -0.15) is 0 Å². The molecule has 174 valence electrons. The number of amides is 1. The standard InChI is InChI=1S/C27H25ClN2O4/c1-18(30-15-14-20-6-2-3-7-21(20)17-30)34-22-12-10-19(11-13-22)16-25(27(32)33)29-26(31)23-8-4-5-9-24(23)28/h2-13,25H,1,14-17H2,(H,29,31)(H,32,33)/t25-/m0/s1. The largest absolute Gasteiger partial charge is 0.480 e. The van der Waals surface area contributed by atoms with E-state index in [0.717, 1.165) is 25.1 Å². The van der Waals surface area contributed by atoms with Crippen LogP contribution in [-0.4, -0.2) is 34.5 Å². The van der Waals surface area contributed by atoms with Gasteiger partial charge in [-0.1, -0.05) is 60.1 Å². The maximum atomic E-state index is 12.5. The predicted molar refractivity (Wildman–Crippen MR) is 131 cm³/mol. The van der Waals surface area contributed by atoms with E-state index in [-0.39, 0.29) is 17.0 Å². The van der Waals surface area contributed by atoms with Crippen LogP contribution in [0, 0.1) is 0 Å². The molecule has 2 N–H and O–H groups in total. The van der Waals surface area contributed by atoms with Gasteiger partial charge in [-0.3, -0.25) is 4.79 Å². The van der Waals surface area contributed by atoms with Gasteiger partial charge in [0.15, 0.2) is 5.88 Å². The lowest BCUT2D eigenvalue weighted by Gasteiger charge is -2.31. The van der Waals surface area contributed by atoms with E-state index in [1.807, 2.05) is 6.07 Å². The molecule has 0 saturated carbocycles. The highest BCUT2D eigenvalue weighted by Gasteiger charge is 2.22. The quantitative estimate of drug-likeness (QED) is 0.462. The van der Waals surface area contributed by atoms with Gasteiger partial charge >= 0.3 is 5.97 Å². The SMILES string of the molecule is C=C(Oc1ccc(C[C@H](NC(=O)c2ccccc2Cl)C(=O)O)cc1)N1CCc2ccccc2C1. The van der Waals surface area contributed by atoms with Crippen molar-refractivity contribution >= 4 is 23.5 Å². The second-order valence-corrected chi connectivity index (χ2v) is 8.54. The number of ether oxygens (including phenoxy) is 1. The summed E-state index contributed by atoms with van der Waals surface area (Å²) in [6, 6.07) is 20.9. The van der Waals surface area contributed by atoms with Crippen molar-refractivity contribution in [3.05, 3.63) is 113 Å². The zero-order valence-electron chi connectivity index (χ0n) is 18.5. The molecule has 3 aromatic carbocycles. The van der Waals surface area contributed by atoms with Gasteiger partial charge in [0.1, 0.15) is 11.8 Å². The lowest BCUT2D eigenvalue weighted by atomic mass is 10.0. The van der Waals surface area contributed by atoms with Crippen LogP contribution < -0.4 is 10.1 Å². The Morgan fingerprint density at radius 1 is 1.03 bits per heavy atom. The van der Waals surface area contributed by atoms with E-state index in [4.69, 9.17) is 16.3 Å². The molecule has 0 unspecified atom stereocenters. The second kappa shape index (κ2) is 10.4. The summed E-state index contributed by atoms with van der Waals surface area (Å²) in [5.74, 6) is -0.478. The number of benzene rings is 3. The van der Waals surface area contributed by atoms with Crippen molar-refractivity contribution < 1.29 is 19.4 Å². The average molecular weight is 477 g/mol. The van der Waals surface area contributed by atoms with Crippen LogP contribution >= 0.6 is 11.6 Å². The Kier molecular flexibility index (Phi) is 7.18. The molecule has 0 fully saturated rings. The molecule has 0 saturated heterocycles. The van der Waals surface area contributed by atoms with E-state index in [0.29, 0.717) is 11.6 Å². The summed E-state index contributed by atoms with van der Waals surface area (Å²) in [6.45, 7) is 5.66. The number of carboxylic acids is 1. The zero-order valence-corrected chi connectivity index (χ0v) is 19.3. The number of rotatable bonds is 8. The molecule has 0 aliphatic carbocycles. The van der Waals surface area contributed by atoms with E-state index in [1.54, 1.807) is 48.5 Å². The Hall–Kier alpha value is -3.77. The van der Waals surface area contributed by atoms with Crippen LogP contribution in [0.1, 0.15) is 27.0 Å². The summed E-state index contributed by atoms with van der Waals surface area (Å²) < 4.78 is 5.94. The number of carbonyl (C=O) groups excluding carboxylic acids is 1. The molecule has 0 aromatic heterocycles. The number of nitrogens with zero attached hydrogens (tertiary/aromatic N) is 1. The third-order valence-electron chi connectivity index (χ3n) is 5.80. The monoisotopic (exact) mass is 476 g/mol. The molecule has 1 amide bonds. The Morgan fingerprint density at radius 3 is 2.41 bits per heavy atom. The Bertz CT molecular complexity index is 1210. The molecular weight excluding hydrogens is 452 g/mol.